The normalized spacial score (nSPS) is 11.0. The van der Waals surface area contributed by atoms with E-state index in [9.17, 15) is 9.18 Å². The zero-order chi connectivity index (χ0) is 18.3. The van der Waals surface area contributed by atoms with Crippen molar-refractivity contribution in [2.75, 3.05) is 11.5 Å². The number of rotatable bonds is 2. The van der Waals surface area contributed by atoms with E-state index in [2.05, 4.69) is 9.97 Å². The molecule has 0 aliphatic carbocycles. The van der Waals surface area contributed by atoms with Crippen LogP contribution < -0.4 is 17.0 Å². The van der Waals surface area contributed by atoms with Gasteiger partial charge >= 0.3 is 0 Å². The van der Waals surface area contributed by atoms with Gasteiger partial charge in [-0.05, 0) is 24.3 Å². The Bertz CT molecular complexity index is 1170. The molecule has 0 amide bonds. The van der Waals surface area contributed by atoms with Gasteiger partial charge in [0, 0.05) is 11.6 Å². The average Bonchev–Trinajstić information content (AvgIpc) is 2.62. The minimum Gasteiger partial charge on any atom is -0.384 e. The molecule has 4 aromatic rings. The van der Waals surface area contributed by atoms with Crippen molar-refractivity contribution in [1.29, 1.82) is 0 Å². The van der Waals surface area contributed by atoms with E-state index in [0.29, 0.717) is 17.0 Å². The van der Waals surface area contributed by atoms with Crippen LogP contribution in [0.1, 0.15) is 0 Å². The lowest BCUT2D eigenvalue weighted by Gasteiger charge is -2.14. The molecular weight excluding hydrogens is 333 g/mol. The zero-order valence-corrected chi connectivity index (χ0v) is 13.6. The molecule has 0 saturated carbocycles. The minimum atomic E-state index is -0.398. The number of nitrogen functional groups attached to an aromatic ring is 2. The lowest BCUT2D eigenvalue weighted by atomic mass is 10.1. The van der Waals surface area contributed by atoms with Crippen molar-refractivity contribution in [2.24, 2.45) is 0 Å². The average molecular weight is 347 g/mol. The van der Waals surface area contributed by atoms with Gasteiger partial charge in [-0.3, -0.25) is 9.36 Å². The number of aromatic nitrogens is 3. The van der Waals surface area contributed by atoms with Crippen molar-refractivity contribution in [1.82, 2.24) is 14.5 Å². The minimum absolute atomic E-state index is 0.00738. The van der Waals surface area contributed by atoms with Gasteiger partial charge in [-0.15, -0.1) is 0 Å². The predicted octanol–water partition coefficient (Wildman–Crippen LogP) is 2.75. The molecule has 0 unspecified atom stereocenters. The molecule has 0 saturated heterocycles. The molecule has 0 bridgehead atoms. The number of anilines is 2. The number of hydrogen-bond donors (Lipinski definition) is 2. The fraction of sp³-hybridized carbons (Fsp3) is 0. The van der Waals surface area contributed by atoms with E-state index >= 15 is 0 Å². The highest BCUT2D eigenvalue weighted by molar-refractivity contribution is 5.90. The number of hydrogen-bond acceptors (Lipinski definition) is 5. The first-order valence-electron chi connectivity index (χ1n) is 7.85. The zero-order valence-electron chi connectivity index (χ0n) is 13.6. The Labute approximate surface area is 147 Å². The Morgan fingerprint density at radius 3 is 2.31 bits per heavy atom. The number of nitrogens with two attached hydrogens (primary N) is 2. The van der Waals surface area contributed by atoms with E-state index in [0.717, 1.165) is 5.56 Å². The largest absolute Gasteiger partial charge is 0.384 e. The SMILES string of the molecule is Nc1cc2nc(-c3ccccc3)n(-c3ccc(F)cc3)c(=O)c2c(N)n1. The van der Waals surface area contributed by atoms with E-state index in [-0.39, 0.29) is 17.0 Å². The molecule has 2 aromatic carbocycles. The van der Waals surface area contributed by atoms with Crippen molar-refractivity contribution in [2.45, 2.75) is 0 Å². The summed E-state index contributed by atoms with van der Waals surface area (Å²) in [4.78, 5) is 21.8. The summed E-state index contributed by atoms with van der Waals surface area (Å²) in [6.07, 6.45) is 0. The maximum absolute atomic E-state index is 13.3. The molecule has 0 spiro atoms. The van der Waals surface area contributed by atoms with Crippen molar-refractivity contribution >= 4 is 22.5 Å². The van der Waals surface area contributed by atoms with Crippen LogP contribution in [0, 0.1) is 5.82 Å². The smallest absolute Gasteiger partial charge is 0.270 e. The lowest BCUT2D eigenvalue weighted by Crippen LogP contribution is -2.23. The second kappa shape index (κ2) is 5.96. The van der Waals surface area contributed by atoms with E-state index in [1.807, 2.05) is 30.3 Å². The number of nitrogens with zero attached hydrogens (tertiary/aromatic N) is 3. The molecule has 7 heteroatoms. The standard InChI is InChI=1S/C19H14FN5O/c20-12-6-8-13(9-7-12)25-18(11-4-2-1-3-5-11)23-14-10-15(21)24-17(22)16(14)19(25)26/h1-10H,(H4,21,22,24). The van der Waals surface area contributed by atoms with Crippen LogP contribution in [0.15, 0.2) is 65.5 Å². The number of pyridine rings is 1. The van der Waals surface area contributed by atoms with Gasteiger partial charge in [-0.2, -0.15) is 0 Å². The molecule has 0 radical (unpaired) electrons. The first-order chi connectivity index (χ1) is 12.5. The summed E-state index contributed by atoms with van der Waals surface area (Å²) in [5.74, 6) is 0.193. The third-order valence-electron chi connectivity index (χ3n) is 4.02. The van der Waals surface area contributed by atoms with E-state index in [1.165, 1.54) is 34.9 Å². The molecule has 2 aromatic heterocycles. The lowest BCUT2D eigenvalue weighted by molar-refractivity contribution is 0.627. The maximum atomic E-state index is 13.3. The van der Waals surface area contributed by atoms with Crippen molar-refractivity contribution in [3.05, 3.63) is 76.8 Å². The summed E-state index contributed by atoms with van der Waals surface area (Å²) < 4.78 is 14.7. The fourth-order valence-electron chi connectivity index (χ4n) is 2.86. The monoisotopic (exact) mass is 347 g/mol. The molecule has 2 heterocycles. The topological polar surface area (TPSA) is 99.8 Å². The highest BCUT2D eigenvalue weighted by Gasteiger charge is 2.17. The molecule has 128 valence electrons. The quantitative estimate of drug-likeness (QED) is 0.581. The number of halogens is 1. The first kappa shape index (κ1) is 15.8. The summed E-state index contributed by atoms with van der Waals surface area (Å²) in [7, 11) is 0. The van der Waals surface area contributed by atoms with Gasteiger partial charge in [-0.1, -0.05) is 30.3 Å². The highest BCUT2D eigenvalue weighted by Crippen LogP contribution is 2.24. The van der Waals surface area contributed by atoms with Crippen LogP contribution in [-0.2, 0) is 0 Å². The fourth-order valence-corrected chi connectivity index (χ4v) is 2.86. The van der Waals surface area contributed by atoms with Crippen LogP contribution in [0.4, 0.5) is 16.0 Å². The van der Waals surface area contributed by atoms with Gasteiger partial charge in [0.05, 0.1) is 11.2 Å². The summed E-state index contributed by atoms with van der Waals surface area (Å²) in [5.41, 5.74) is 12.8. The first-order valence-corrected chi connectivity index (χ1v) is 7.85. The van der Waals surface area contributed by atoms with Gasteiger partial charge < -0.3 is 11.5 Å². The Morgan fingerprint density at radius 2 is 1.62 bits per heavy atom. The molecule has 6 nitrogen and oxygen atoms in total. The second-order valence-electron chi connectivity index (χ2n) is 5.74. The Balaban J connectivity index is 2.15. The van der Waals surface area contributed by atoms with Gasteiger partial charge in [0.15, 0.2) is 0 Å². The summed E-state index contributed by atoms with van der Waals surface area (Å²) in [5, 5.41) is 0.170. The van der Waals surface area contributed by atoms with Crippen LogP contribution in [0.2, 0.25) is 0 Å². The molecule has 0 atom stereocenters. The van der Waals surface area contributed by atoms with E-state index < -0.39 is 11.4 Å². The molecule has 0 aliphatic rings. The van der Waals surface area contributed by atoms with Crippen molar-refractivity contribution in [3.8, 4) is 17.1 Å². The van der Waals surface area contributed by atoms with Crippen LogP contribution in [0.3, 0.4) is 0 Å². The van der Waals surface area contributed by atoms with Crippen LogP contribution >= 0.6 is 0 Å². The number of fused-ring (bicyclic) bond motifs is 1. The maximum Gasteiger partial charge on any atom is 0.270 e. The Hall–Kier alpha value is -3.74. The summed E-state index contributed by atoms with van der Waals surface area (Å²) >= 11 is 0. The second-order valence-corrected chi connectivity index (χ2v) is 5.74. The van der Waals surface area contributed by atoms with E-state index in [4.69, 9.17) is 11.5 Å². The Morgan fingerprint density at radius 1 is 0.923 bits per heavy atom. The van der Waals surface area contributed by atoms with Crippen molar-refractivity contribution in [3.63, 3.8) is 0 Å². The van der Waals surface area contributed by atoms with Crippen molar-refractivity contribution < 1.29 is 4.39 Å². The summed E-state index contributed by atoms with van der Waals surface area (Å²) in [6.45, 7) is 0. The molecule has 26 heavy (non-hydrogen) atoms. The molecule has 4 rings (SSSR count). The van der Waals surface area contributed by atoms with Crippen LogP contribution in [-0.4, -0.2) is 14.5 Å². The van der Waals surface area contributed by atoms with Gasteiger partial charge in [0.1, 0.15) is 28.7 Å². The molecule has 4 N–H and O–H groups in total. The molecule has 0 aliphatic heterocycles. The summed E-state index contributed by atoms with van der Waals surface area (Å²) in [6, 6.07) is 16.3. The van der Waals surface area contributed by atoms with Crippen LogP contribution in [0.25, 0.3) is 28.0 Å². The third-order valence-corrected chi connectivity index (χ3v) is 4.02. The highest BCUT2D eigenvalue weighted by atomic mass is 19.1. The van der Waals surface area contributed by atoms with Gasteiger partial charge in [0.25, 0.3) is 5.56 Å². The Kier molecular flexibility index (Phi) is 3.62. The van der Waals surface area contributed by atoms with Crippen LogP contribution in [0.5, 0.6) is 0 Å². The molecule has 0 fully saturated rings. The number of benzene rings is 2. The molecular formula is C19H14FN5O. The van der Waals surface area contributed by atoms with Gasteiger partial charge in [0.2, 0.25) is 0 Å². The van der Waals surface area contributed by atoms with Gasteiger partial charge in [-0.25, -0.2) is 14.4 Å². The predicted molar refractivity (Wildman–Crippen MR) is 99.4 cm³/mol. The third kappa shape index (κ3) is 2.55. The van der Waals surface area contributed by atoms with E-state index in [1.54, 1.807) is 0 Å².